The Labute approximate surface area is 127 Å². The maximum atomic E-state index is 13.5. The van der Waals surface area contributed by atoms with Gasteiger partial charge in [0.1, 0.15) is 23.3 Å². The van der Waals surface area contributed by atoms with Crippen LogP contribution in [-0.4, -0.2) is 23.9 Å². The second kappa shape index (κ2) is 8.37. The normalized spacial score (nSPS) is 10.5. The first-order valence-electron chi connectivity index (χ1n) is 6.36. The monoisotopic (exact) mass is 303 g/mol. The molecule has 1 amide bonds. The molecule has 114 valence electrons. The standard InChI is InChI=1S/C16H15F2N3O/c1-3-7-21(8-4-2)16(22)12(10-19)11-20-15-6-5-13(17)9-14(15)18/h3-6,9,11,20H,1-2,7-8H2/b12-11-. The third-order valence-electron chi connectivity index (χ3n) is 2.64. The van der Waals surface area contributed by atoms with Crippen LogP contribution < -0.4 is 5.32 Å². The van der Waals surface area contributed by atoms with Crippen molar-refractivity contribution in [1.29, 1.82) is 5.26 Å². The molecule has 6 heteroatoms. The molecule has 0 saturated carbocycles. The Kier molecular flexibility index (Phi) is 6.51. The molecule has 22 heavy (non-hydrogen) atoms. The first-order valence-corrected chi connectivity index (χ1v) is 6.36. The molecule has 1 N–H and O–H groups in total. The van der Waals surface area contributed by atoms with Crippen molar-refractivity contribution in [3.8, 4) is 6.07 Å². The summed E-state index contributed by atoms with van der Waals surface area (Å²) in [6.45, 7) is 7.55. The van der Waals surface area contributed by atoms with Gasteiger partial charge in [-0.15, -0.1) is 13.2 Å². The average molecular weight is 303 g/mol. The van der Waals surface area contributed by atoms with E-state index in [4.69, 9.17) is 5.26 Å². The summed E-state index contributed by atoms with van der Waals surface area (Å²) in [5.41, 5.74) is -0.256. The van der Waals surface area contributed by atoms with Crippen LogP contribution in [0.1, 0.15) is 0 Å². The van der Waals surface area contributed by atoms with E-state index in [0.29, 0.717) is 6.07 Å². The van der Waals surface area contributed by atoms with Gasteiger partial charge in [-0.2, -0.15) is 5.26 Å². The molecule has 0 atom stereocenters. The van der Waals surface area contributed by atoms with Crippen LogP contribution in [0.5, 0.6) is 0 Å². The van der Waals surface area contributed by atoms with Crippen LogP contribution in [0.3, 0.4) is 0 Å². The van der Waals surface area contributed by atoms with Crippen LogP contribution in [0.25, 0.3) is 0 Å². The summed E-state index contributed by atoms with van der Waals surface area (Å²) in [6.07, 6.45) is 4.12. The van der Waals surface area contributed by atoms with Gasteiger partial charge in [0.25, 0.3) is 5.91 Å². The maximum Gasteiger partial charge on any atom is 0.266 e. The van der Waals surface area contributed by atoms with E-state index >= 15 is 0 Å². The van der Waals surface area contributed by atoms with Gasteiger partial charge in [0, 0.05) is 25.4 Å². The van der Waals surface area contributed by atoms with Gasteiger partial charge in [-0.25, -0.2) is 8.78 Å². The number of anilines is 1. The number of nitriles is 1. The molecule has 0 saturated heterocycles. The molecule has 4 nitrogen and oxygen atoms in total. The summed E-state index contributed by atoms with van der Waals surface area (Å²) in [5, 5.41) is 11.5. The van der Waals surface area contributed by atoms with E-state index in [1.165, 1.54) is 23.1 Å². The van der Waals surface area contributed by atoms with E-state index in [0.717, 1.165) is 12.3 Å². The lowest BCUT2D eigenvalue weighted by atomic mass is 10.2. The van der Waals surface area contributed by atoms with E-state index in [2.05, 4.69) is 18.5 Å². The summed E-state index contributed by atoms with van der Waals surface area (Å²) in [5.74, 6) is -2.08. The highest BCUT2D eigenvalue weighted by Crippen LogP contribution is 2.15. The van der Waals surface area contributed by atoms with Crippen molar-refractivity contribution < 1.29 is 13.6 Å². The molecule has 0 aromatic heterocycles. The smallest absolute Gasteiger partial charge is 0.266 e. The molecule has 0 aliphatic heterocycles. The van der Waals surface area contributed by atoms with Gasteiger partial charge in [0.15, 0.2) is 0 Å². The fourth-order valence-corrected chi connectivity index (χ4v) is 1.62. The molecule has 0 bridgehead atoms. The van der Waals surface area contributed by atoms with Gasteiger partial charge in [-0.1, -0.05) is 12.2 Å². The number of benzene rings is 1. The Balaban J connectivity index is 2.94. The molecule has 0 fully saturated rings. The second-order valence-electron chi connectivity index (χ2n) is 4.23. The van der Waals surface area contributed by atoms with Gasteiger partial charge in [-0.05, 0) is 12.1 Å². The van der Waals surface area contributed by atoms with Crippen LogP contribution in [0.2, 0.25) is 0 Å². The quantitative estimate of drug-likeness (QED) is 0.478. The minimum Gasteiger partial charge on any atom is -0.358 e. The van der Waals surface area contributed by atoms with E-state index in [1.54, 1.807) is 6.07 Å². The molecule has 0 unspecified atom stereocenters. The van der Waals surface area contributed by atoms with Gasteiger partial charge < -0.3 is 10.2 Å². The molecule has 0 aliphatic carbocycles. The largest absolute Gasteiger partial charge is 0.358 e. The lowest BCUT2D eigenvalue weighted by Crippen LogP contribution is -2.32. The minimum absolute atomic E-state index is 0.0408. The molecule has 0 heterocycles. The molecular formula is C16H15F2N3O. The van der Waals surface area contributed by atoms with Crippen LogP contribution >= 0.6 is 0 Å². The summed E-state index contributed by atoms with van der Waals surface area (Å²) in [4.78, 5) is 13.5. The lowest BCUT2D eigenvalue weighted by molar-refractivity contribution is -0.125. The number of amides is 1. The van der Waals surface area contributed by atoms with Gasteiger partial charge in [0.05, 0.1) is 5.69 Å². The van der Waals surface area contributed by atoms with Crippen LogP contribution in [-0.2, 0) is 4.79 Å². The highest BCUT2D eigenvalue weighted by molar-refractivity contribution is 5.97. The first kappa shape index (κ1) is 17.1. The van der Waals surface area contributed by atoms with Gasteiger partial charge in [0.2, 0.25) is 0 Å². The van der Waals surface area contributed by atoms with Crippen molar-refractivity contribution in [3.05, 3.63) is 66.9 Å². The molecule has 1 rings (SSSR count). The fraction of sp³-hybridized carbons (Fsp3) is 0.125. The Hall–Kier alpha value is -2.94. The molecule has 1 aromatic carbocycles. The fourth-order valence-electron chi connectivity index (χ4n) is 1.62. The average Bonchev–Trinajstić information content (AvgIpc) is 2.49. The number of hydrogen-bond donors (Lipinski definition) is 1. The van der Waals surface area contributed by atoms with Crippen molar-refractivity contribution in [3.63, 3.8) is 0 Å². The highest BCUT2D eigenvalue weighted by atomic mass is 19.1. The second-order valence-corrected chi connectivity index (χ2v) is 4.23. The first-order chi connectivity index (χ1) is 10.5. The van der Waals surface area contributed by atoms with Crippen LogP contribution in [0.15, 0.2) is 55.3 Å². The van der Waals surface area contributed by atoms with Crippen molar-refractivity contribution in [2.75, 3.05) is 18.4 Å². The number of nitrogens with zero attached hydrogens (tertiary/aromatic N) is 2. The Morgan fingerprint density at radius 3 is 2.45 bits per heavy atom. The predicted octanol–water partition coefficient (Wildman–Crippen LogP) is 2.98. The summed E-state index contributed by atoms with van der Waals surface area (Å²) in [7, 11) is 0. The topological polar surface area (TPSA) is 56.1 Å². The van der Waals surface area contributed by atoms with E-state index < -0.39 is 17.5 Å². The third-order valence-corrected chi connectivity index (χ3v) is 2.64. The maximum absolute atomic E-state index is 13.5. The number of carbonyl (C=O) groups is 1. The summed E-state index contributed by atoms with van der Waals surface area (Å²) >= 11 is 0. The third kappa shape index (κ3) is 4.56. The number of nitrogens with one attached hydrogen (secondary N) is 1. The lowest BCUT2D eigenvalue weighted by Gasteiger charge is -2.18. The summed E-state index contributed by atoms with van der Waals surface area (Å²) in [6, 6.07) is 4.68. The van der Waals surface area contributed by atoms with Crippen molar-refractivity contribution >= 4 is 11.6 Å². The highest BCUT2D eigenvalue weighted by Gasteiger charge is 2.16. The Morgan fingerprint density at radius 1 is 1.32 bits per heavy atom. The zero-order valence-corrected chi connectivity index (χ0v) is 11.9. The Bertz CT molecular complexity index is 637. The van der Waals surface area contributed by atoms with Crippen LogP contribution in [0.4, 0.5) is 14.5 Å². The van der Waals surface area contributed by atoms with Gasteiger partial charge >= 0.3 is 0 Å². The van der Waals surface area contributed by atoms with E-state index in [-0.39, 0.29) is 24.4 Å². The predicted molar refractivity (Wildman–Crippen MR) is 80.7 cm³/mol. The van der Waals surface area contributed by atoms with Crippen LogP contribution in [0, 0.1) is 23.0 Å². The number of carbonyl (C=O) groups excluding carboxylic acids is 1. The number of halogens is 2. The molecule has 0 aliphatic rings. The van der Waals surface area contributed by atoms with Gasteiger partial charge in [-0.3, -0.25) is 4.79 Å². The molecule has 0 radical (unpaired) electrons. The minimum atomic E-state index is -0.824. The van der Waals surface area contributed by atoms with Crippen molar-refractivity contribution in [2.24, 2.45) is 0 Å². The van der Waals surface area contributed by atoms with Crippen molar-refractivity contribution in [1.82, 2.24) is 4.90 Å². The number of rotatable bonds is 7. The summed E-state index contributed by atoms with van der Waals surface area (Å²) < 4.78 is 26.3. The number of hydrogen-bond acceptors (Lipinski definition) is 3. The zero-order chi connectivity index (χ0) is 16.5. The van der Waals surface area contributed by atoms with E-state index in [1.807, 2.05) is 0 Å². The van der Waals surface area contributed by atoms with Crippen molar-refractivity contribution in [2.45, 2.75) is 0 Å². The van der Waals surface area contributed by atoms with E-state index in [9.17, 15) is 13.6 Å². The molecular weight excluding hydrogens is 288 g/mol. The zero-order valence-electron chi connectivity index (χ0n) is 11.9. The SMILES string of the molecule is C=CCN(CC=C)C(=O)/C(C#N)=C\Nc1ccc(F)cc1F. The molecule has 0 spiro atoms. The Morgan fingerprint density at radius 2 is 1.95 bits per heavy atom. The molecule has 1 aromatic rings.